The molecule has 5 heteroatoms. The molecule has 0 heterocycles. The van der Waals surface area contributed by atoms with Gasteiger partial charge in [0, 0.05) is 6.07 Å². The molecule has 5 nitrogen and oxygen atoms in total. The number of aromatic hydroxyl groups is 1. The molecule has 136 valence electrons. The van der Waals surface area contributed by atoms with Gasteiger partial charge in [-0.25, -0.2) is 9.59 Å². The van der Waals surface area contributed by atoms with E-state index in [1.165, 1.54) is 18.2 Å². The Morgan fingerprint density at radius 2 is 1.26 bits per heavy atom. The molecule has 27 heavy (non-hydrogen) atoms. The van der Waals surface area contributed by atoms with Crippen molar-refractivity contribution in [1.82, 2.24) is 0 Å². The molecule has 0 unspecified atom stereocenters. The predicted molar refractivity (Wildman–Crippen MR) is 100 cm³/mol. The van der Waals surface area contributed by atoms with Crippen molar-refractivity contribution in [2.24, 2.45) is 0 Å². The molecule has 0 bridgehead atoms. The van der Waals surface area contributed by atoms with Crippen molar-refractivity contribution >= 4 is 11.9 Å². The molecule has 0 aliphatic carbocycles. The number of hydrogen-bond acceptors (Lipinski definition) is 5. The largest absolute Gasteiger partial charge is 0.504 e. The highest BCUT2D eigenvalue weighted by Gasteiger charge is 2.16. The number of ether oxygens (including phenoxy) is 2. The van der Waals surface area contributed by atoms with Gasteiger partial charge in [0.2, 0.25) is 0 Å². The lowest BCUT2D eigenvalue weighted by atomic mass is 10.1. The lowest BCUT2D eigenvalue weighted by Crippen LogP contribution is -2.11. The third-order valence-electron chi connectivity index (χ3n) is 4.07. The zero-order valence-corrected chi connectivity index (χ0v) is 14.9. The number of phenolic OH excluding ortho intramolecular Hbond substituents is 1. The lowest BCUT2D eigenvalue weighted by molar-refractivity contribution is 0.0714. The quantitative estimate of drug-likeness (QED) is 0.548. The minimum absolute atomic E-state index is 0.0149. The number of esters is 2. The highest BCUT2D eigenvalue weighted by molar-refractivity contribution is 5.93. The van der Waals surface area contributed by atoms with Crippen molar-refractivity contribution in [2.75, 3.05) is 0 Å². The van der Waals surface area contributed by atoms with E-state index in [1.807, 2.05) is 25.1 Å². The zero-order valence-electron chi connectivity index (χ0n) is 14.9. The smallest absolute Gasteiger partial charge is 0.343 e. The second-order valence-corrected chi connectivity index (χ2v) is 6.04. The van der Waals surface area contributed by atoms with Gasteiger partial charge in [-0.15, -0.1) is 0 Å². The van der Waals surface area contributed by atoms with Crippen LogP contribution in [0.1, 0.15) is 31.8 Å². The van der Waals surface area contributed by atoms with E-state index in [0.29, 0.717) is 11.1 Å². The fraction of sp³-hybridized carbons (Fsp3) is 0.0909. The highest BCUT2D eigenvalue weighted by Crippen LogP contribution is 2.31. The van der Waals surface area contributed by atoms with E-state index in [9.17, 15) is 14.7 Å². The fourth-order valence-electron chi connectivity index (χ4n) is 2.57. The molecule has 0 aliphatic rings. The van der Waals surface area contributed by atoms with Gasteiger partial charge < -0.3 is 14.6 Å². The molecule has 1 N–H and O–H groups in total. The van der Waals surface area contributed by atoms with E-state index in [1.54, 1.807) is 37.3 Å². The van der Waals surface area contributed by atoms with E-state index in [2.05, 4.69) is 0 Å². The molecule has 3 rings (SSSR count). The van der Waals surface area contributed by atoms with Crippen molar-refractivity contribution < 1.29 is 24.2 Å². The highest BCUT2D eigenvalue weighted by atomic mass is 16.5. The SMILES string of the molecule is Cc1ccccc1C(=O)Oc1ccc(OC(=O)c2ccccc2C)c(O)c1. The summed E-state index contributed by atoms with van der Waals surface area (Å²) < 4.78 is 10.5. The summed E-state index contributed by atoms with van der Waals surface area (Å²) in [5, 5.41) is 10.1. The summed E-state index contributed by atoms with van der Waals surface area (Å²) in [5.41, 5.74) is 2.40. The average Bonchev–Trinajstić information content (AvgIpc) is 2.64. The summed E-state index contributed by atoms with van der Waals surface area (Å²) in [6.07, 6.45) is 0. The van der Waals surface area contributed by atoms with E-state index in [4.69, 9.17) is 9.47 Å². The third kappa shape index (κ3) is 4.15. The molecule has 3 aromatic carbocycles. The normalized spacial score (nSPS) is 10.3. The van der Waals surface area contributed by atoms with Gasteiger partial charge in [0.05, 0.1) is 11.1 Å². The van der Waals surface area contributed by atoms with E-state index < -0.39 is 11.9 Å². The van der Waals surface area contributed by atoms with E-state index in [0.717, 1.165) is 11.1 Å². The Balaban J connectivity index is 1.74. The Morgan fingerprint density at radius 3 is 1.78 bits per heavy atom. The van der Waals surface area contributed by atoms with Crippen LogP contribution in [0.25, 0.3) is 0 Å². The summed E-state index contributed by atoms with van der Waals surface area (Å²) in [6, 6.07) is 18.1. The van der Waals surface area contributed by atoms with Crippen LogP contribution >= 0.6 is 0 Å². The molecule has 0 atom stereocenters. The van der Waals surface area contributed by atoms with Gasteiger partial charge >= 0.3 is 11.9 Å². The number of carbonyl (C=O) groups excluding carboxylic acids is 2. The van der Waals surface area contributed by atoms with Crippen LogP contribution in [0.5, 0.6) is 17.2 Å². The van der Waals surface area contributed by atoms with Crippen molar-refractivity contribution in [3.63, 3.8) is 0 Å². The minimum Gasteiger partial charge on any atom is -0.504 e. The number of phenols is 1. The molecule has 0 aromatic heterocycles. The number of rotatable bonds is 4. The number of aryl methyl sites for hydroxylation is 2. The molecule has 0 saturated carbocycles. The Morgan fingerprint density at radius 1 is 0.741 bits per heavy atom. The summed E-state index contributed by atoms with van der Waals surface area (Å²) in [4.78, 5) is 24.5. The molecule has 0 amide bonds. The van der Waals surface area contributed by atoms with Crippen LogP contribution in [-0.4, -0.2) is 17.0 Å². The number of carbonyl (C=O) groups is 2. The second kappa shape index (κ2) is 7.74. The summed E-state index contributed by atoms with van der Waals surface area (Å²) in [6.45, 7) is 3.60. The van der Waals surface area contributed by atoms with Crippen LogP contribution in [0.3, 0.4) is 0 Å². The zero-order chi connectivity index (χ0) is 19.4. The first kappa shape index (κ1) is 18.2. The molecule has 0 saturated heterocycles. The Labute approximate surface area is 156 Å². The van der Waals surface area contributed by atoms with Gasteiger partial charge in [-0.1, -0.05) is 36.4 Å². The molecular formula is C22H18O5. The minimum atomic E-state index is -0.576. The Hall–Kier alpha value is -3.60. The summed E-state index contributed by atoms with van der Waals surface area (Å²) in [7, 11) is 0. The third-order valence-corrected chi connectivity index (χ3v) is 4.07. The maximum atomic E-state index is 12.3. The first-order valence-corrected chi connectivity index (χ1v) is 8.34. The Bertz CT molecular complexity index is 1010. The van der Waals surface area contributed by atoms with Crippen molar-refractivity contribution in [2.45, 2.75) is 13.8 Å². The van der Waals surface area contributed by atoms with Gasteiger partial charge in [-0.3, -0.25) is 0 Å². The van der Waals surface area contributed by atoms with Crippen LogP contribution < -0.4 is 9.47 Å². The average molecular weight is 362 g/mol. The van der Waals surface area contributed by atoms with Gasteiger partial charge in [0.15, 0.2) is 11.5 Å². The molecule has 3 aromatic rings. The maximum absolute atomic E-state index is 12.3. The van der Waals surface area contributed by atoms with Crippen LogP contribution in [0, 0.1) is 13.8 Å². The monoisotopic (exact) mass is 362 g/mol. The molecule has 0 fully saturated rings. The number of benzene rings is 3. The van der Waals surface area contributed by atoms with Gasteiger partial charge in [0.25, 0.3) is 0 Å². The van der Waals surface area contributed by atoms with E-state index >= 15 is 0 Å². The first-order valence-electron chi connectivity index (χ1n) is 8.34. The van der Waals surface area contributed by atoms with Crippen LogP contribution in [0.2, 0.25) is 0 Å². The maximum Gasteiger partial charge on any atom is 0.343 e. The topological polar surface area (TPSA) is 72.8 Å². The molecule has 0 aliphatic heterocycles. The van der Waals surface area contributed by atoms with Gasteiger partial charge in [-0.2, -0.15) is 0 Å². The molecule has 0 spiro atoms. The van der Waals surface area contributed by atoms with Crippen molar-refractivity contribution in [3.05, 3.63) is 89.0 Å². The van der Waals surface area contributed by atoms with Crippen LogP contribution in [-0.2, 0) is 0 Å². The summed E-state index contributed by atoms with van der Waals surface area (Å²) >= 11 is 0. The fourth-order valence-corrected chi connectivity index (χ4v) is 2.57. The first-order chi connectivity index (χ1) is 13.0. The van der Waals surface area contributed by atoms with Gasteiger partial charge in [0.1, 0.15) is 5.75 Å². The van der Waals surface area contributed by atoms with E-state index in [-0.39, 0.29) is 17.2 Å². The van der Waals surface area contributed by atoms with Crippen molar-refractivity contribution in [1.29, 1.82) is 0 Å². The molecular weight excluding hydrogens is 344 g/mol. The predicted octanol–water partition coefficient (Wildman–Crippen LogP) is 4.45. The number of hydrogen-bond donors (Lipinski definition) is 1. The van der Waals surface area contributed by atoms with Crippen molar-refractivity contribution in [3.8, 4) is 17.2 Å². The van der Waals surface area contributed by atoms with Crippen LogP contribution in [0.4, 0.5) is 0 Å². The van der Waals surface area contributed by atoms with Crippen LogP contribution in [0.15, 0.2) is 66.7 Å². The second-order valence-electron chi connectivity index (χ2n) is 6.04. The summed E-state index contributed by atoms with van der Waals surface area (Å²) in [5.74, 6) is -1.27. The lowest BCUT2D eigenvalue weighted by Gasteiger charge is -2.10. The molecule has 0 radical (unpaired) electrons. The Kier molecular flexibility index (Phi) is 5.22. The standard InChI is InChI=1S/C22H18O5/c1-14-7-3-5-9-17(14)21(24)26-16-11-12-20(19(23)13-16)27-22(25)18-10-6-4-8-15(18)2/h3-13,23H,1-2H3. The van der Waals surface area contributed by atoms with Gasteiger partial charge in [-0.05, 0) is 49.2 Å².